The Bertz CT molecular complexity index is 2700. The molecule has 2 saturated heterocycles. The van der Waals surface area contributed by atoms with E-state index in [4.69, 9.17) is 16.3 Å². The number of carbonyl (C=O) groups is 4. The van der Waals surface area contributed by atoms with E-state index < -0.39 is 52.4 Å². The number of halogens is 4. The van der Waals surface area contributed by atoms with Crippen molar-refractivity contribution in [3.63, 3.8) is 0 Å². The molecule has 3 N–H and O–H groups in total. The Kier molecular flexibility index (Phi) is 15.0. The maximum atomic E-state index is 14.3. The zero-order valence-corrected chi connectivity index (χ0v) is 42.3. The number of nitrogens with one attached hydrogen (secondary N) is 2. The molecule has 17 heteroatoms. The van der Waals surface area contributed by atoms with E-state index in [1.807, 2.05) is 96.1 Å². The van der Waals surface area contributed by atoms with E-state index in [2.05, 4.69) is 20.4 Å². The molecule has 3 atom stereocenters. The van der Waals surface area contributed by atoms with Crippen molar-refractivity contribution in [3.8, 4) is 11.8 Å². The maximum Gasteiger partial charge on any atom is 0.417 e. The van der Waals surface area contributed by atoms with Gasteiger partial charge in [-0.3, -0.25) is 24.1 Å². The molecule has 4 amide bonds. The molecular weight excluding hydrogens is 947 g/mol. The molecule has 0 unspecified atom stereocenters. The summed E-state index contributed by atoms with van der Waals surface area (Å²) in [5, 5.41) is 26.5. The first kappa shape index (κ1) is 52.2. The van der Waals surface area contributed by atoms with Gasteiger partial charge in [-0.25, -0.2) is 0 Å². The highest BCUT2D eigenvalue weighted by Gasteiger charge is 2.64. The molecule has 0 bridgehead atoms. The minimum absolute atomic E-state index is 0.00840. The number of rotatable bonds is 15. The molecular formula is C55H63ClF3N7O6. The Morgan fingerprint density at radius 2 is 1.58 bits per heavy atom. The number of hydrogen-bond donors (Lipinski definition) is 3. The third-order valence-corrected chi connectivity index (χ3v) is 15.3. The van der Waals surface area contributed by atoms with Gasteiger partial charge in [-0.2, -0.15) is 18.4 Å². The van der Waals surface area contributed by atoms with Crippen molar-refractivity contribution < 1.29 is 42.2 Å². The number of nitriles is 1. The van der Waals surface area contributed by atoms with Crippen LogP contribution in [0.15, 0.2) is 84.9 Å². The molecule has 72 heavy (non-hydrogen) atoms. The Hall–Kier alpha value is -6.15. The Morgan fingerprint density at radius 1 is 0.917 bits per heavy atom. The number of nitrogens with zero attached hydrogens (tertiary/aromatic N) is 5. The predicted octanol–water partition coefficient (Wildman–Crippen LogP) is 7.86. The third kappa shape index (κ3) is 10.8. The number of aliphatic hydroxyl groups is 1. The van der Waals surface area contributed by atoms with Crippen LogP contribution in [0.3, 0.4) is 0 Å². The molecule has 0 aromatic heterocycles. The van der Waals surface area contributed by atoms with E-state index in [0.29, 0.717) is 16.1 Å². The fraction of sp³-hybridized carbons (Fsp3) is 0.473. The predicted molar refractivity (Wildman–Crippen MR) is 267 cm³/mol. The van der Waals surface area contributed by atoms with Gasteiger partial charge in [0.1, 0.15) is 23.9 Å². The van der Waals surface area contributed by atoms with Gasteiger partial charge >= 0.3 is 6.18 Å². The van der Waals surface area contributed by atoms with Crippen LogP contribution >= 0.6 is 11.6 Å². The summed E-state index contributed by atoms with van der Waals surface area (Å²) in [5.41, 5.74) is 2.07. The zero-order valence-electron chi connectivity index (χ0n) is 41.6. The maximum absolute atomic E-state index is 14.3. The van der Waals surface area contributed by atoms with E-state index in [-0.39, 0.29) is 67.4 Å². The van der Waals surface area contributed by atoms with Crippen molar-refractivity contribution in [2.75, 3.05) is 44.2 Å². The van der Waals surface area contributed by atoms with Gasteiger partial charge in [0.15, 0.2) is 0 Å². The smallest absolute Gasteiger partial charge is 0.417 e. The van der Waals surface area contributed by atoms with Crippen molar-refractivity contribution in [2.45, 2.75) is 110 Å². The van der Waals surface area contributed by atoms with Crippen molar-refractivity contribution in [1.29, 1.82) is 5.26 Å². The minimum Gasteiger partial charge on any atom is -0.489 e. The second-order valence-electron chi connectivity index (χ2n) is 21.2. The molecule has 3 heterocycles. The number of aliphatic hydroxyl groups excluding tert-OH is 1. The molecule has 1 aliphatic carbocycles. The van der Waals surface area contributed by atoms with Gasteiger partial charge in [-0.1, -0.05) is 83.5 Å². The topological polar surface area (TPSA) is 159 Å². The van der Waals surface area contributed by atoms with Crippen LogP contribution in [0.2, 0.25) is 5.02 Å². The first-order valence-corrected chi connectivity index (χ1v) is 25.0. The largest absolute Gasteiger partial charge is 0.489 e. The zero-order chi connectivity index (χ0) is 51.9. The lowest BCUT2D eigenvalue weighted by Gasteiger charge is -2.63. The van der Waals surface area contributed by atoms with Crippen molar-refractivity contribution >= 4 is 40.9 Å². The van der Waals surface area contributed by atoms with E-state index in [1.54, 1.807) is 23.1 Å². The molecule has 3 fully saturated rings. The molecule has 13 nitrogen and oxygen atoms in total. The van der Waals surface area contributed by atoms with Crippen LogP contribution in [0, 0.1) is 28.1 Å². The normalized spacial score (nSPS) is 22.0. The standard InChI is InChI=1S/C55H63ClF3N7O6/c1-33(2)46(50(71)65-32-41(67)27-45(65)48(69)61-30-35-11-17-39(56)18-12-35)66-31-38-15-19-40(26-43(38)49(66)70)64-24-22-63(23-25-64)21-7-8-34-9-13-36(14-10-34)47(68)62-51-53(3,4)52(54(51,5)6)72-42-20-16-37(29-60)44(28-42)55(57,58)59/h9-20,26,28,33,41,45-46,51-52,67H,7-8,21-25,27,30-32H2,1-6H3,(H,61,69)(H,62,68)/t41-,45+,46+,51?,52?/m1/s1. The molecule has 8 rings (SSSR count). The van der Waals surface area contributed by atoms with Crippen LogP contribution in [0.5, 0.6) is 5.75 Å². The number of hydrogen-bond acceptors (Lipinski definition) is 9. The molecule has 1 saturated carbocycles. The van der Waals surface area contributed by atoms with E-state index in [1.165, 1.54) is 11.0 Å². The molecule has 0 radical (unpaired) electrons. The van der Waals surface area contributed by atoms with E-state index in [9.17, 15) is 42.7 Å². The fourth-order valence-corrected chi connectivity index (χ4v) is 11.7. The summed E-state index contributed by atoms with van der Waals surface area (Å²) < 4.78 is 47.0. The molecule has 4 aromatic rings. The Balaban J connectivity index is 0.795. The molecule has 4 aromatic carbocycles. The second kappa shape index (κ2) is 20.8. The monoisotopic (exact) mass is 1010 g/mol. The summed E-state index contributed by atoms with van der Waals surface area (Å²) in [6.07, 6.45) is -4.22. The lowest BCUT2D eigenvalue weighted by Crippen LogP contribution is -2.74. The number of β-amino-alcohol motifs (C(OH)–C–C–N with tert-alkyl or cyclic N) is 1. The summed E-state index contributed by atoms with van der Waals surface area (Å²) in [7, 11) is 0. The highest BCUT2D eigenvalue weighted by Crippen LogP contribution is 2.56. The minimum atomic E-state index is -4.70. The van der Waals surface area contributed by atoms with E-state index in [0.717, 1.165) is 80.1 Å². The Labute approximate surface area is 424 Å². The highest BCUT2D eigenvalue weighted by atomic mass is 35.5. The first-order chi connectivity index (χ1) is 34.1. The number of aryl methyl sites for hydroxylation is 1. The van der Waals surface area contributed by atoms with Crippen LogP contribution in [-0.4, -0.2) is 113 Å². The number of amides is 4. The van der Waals surface area contributed by atoms with Gasteiger partial charge in [0.25, 0.3) is 11.8 Å². The summed E-state index contributed by atoms with van der Waals surface area (Å²) in [6.45, 7) is 16.1. The lowest BCUT2D eigenvalue weighted by atomic mass is 9.49. The van der Waals surface area contributed by atoms with Crippen LogP contribution in [0.4, 0.5) is 18.9 Å². The van der Waals surface area contributed by atoms with Crippen molar-refractivity contribution in [3.05, 3.63) is 129 Å². The fourth-order valence-electron chi connectivity index (χ4n) is 11.5. The van der Waals surface area contributed by atoms with Crippen LogP contribution in [0.25, 0.3) is 0 Å². The number of fused-ring (bicyclic) bond motifs is 1. The van der Waals surface area contributed by atoms with Crippen LogP contribution in [-0.2, 0) is 35.3 Å². The number of carbonyl (C=O) groups excluding carboxylic acids is 4. The summed E-state index contributed by atoms with van der Waals surface area (Å²) in [6, 6.07) is 23.5. The number of benzene rings is 4. The van der Waals surface area contributed by atoms with Gasteiger partial charge in [0, 0.05) is 90.9 Å². The molecule has 3 aliphatic heterocycles. The SMILES string of the molecule is CC(C)[C@@H](C(=O)N1C[C@H](O)C[C@H]1C(=O)NCc1ccc(Cl)cc1)N1Cc2ccc(N3CCN(CCCc4ccc(C(=O)NC5C(C)(C)C(Oc6ccc(C#N)c(C(F)(F)F)c6)C5(C)C)cc4)CC3)cc2C1=O. The quantitative estimate of drug-likeness (QED) is 0.108. The average Bonchev–Trinajstić information content (AvgIpc) is 3.90. The molecule has 4 aliphatic rings. The third-order valence-electron chi connectivity index (χ3n) is 15.1. The van der Waals surface area contributed by atoms with Gasteiger partial charge in [0.2, 0.25) is 11.8 Å². The number of alkyl halides is 3. The highest BCUT2D eigenvalue weighted by molar-refractivity contribution is 6.30. The van der Waals surface area contributed by atoms with E-state index >= 15 is 0 Å². The summed E-state index contributed by atoms with van der Waals surface area (Å²) in [4.78, 5) is 63.1. The number of piperazine rings is 1. The lowest BCUT2D eigenvalue weighted by molar-refractivity contribution is -0.164. The average molecular weight is 1010 g/mol. The number of anilines is 1. The summed E-state index contributed by atoms with van der Waals surface area (Å²) in [5.74, 6) is -1.43. The van der Waals surface area contributed by atoms with Crippen LogP contribution < -0.4 is 20.3 Å². The van der Waals surface area contributed by atoms with Gasteiger partial charge in [0.05, 0.1) is 23.3 Å². The van der Waals surface area contributed by atoms with Crippen LogP contribution in [0.1, 0.15) is 103 Å². The Morgan fingerprint density at radius 3 is 2.22 bits per heavy atom. The molecule has 382 valence electrons. The number of ether oxygens (including phenoxy) is 1. The van der Waals surface area contributed by atoms with Gasteiger partial charge in [-0.05, 0) is 96.6 Å². The number of likely N-dealkylation sites (tertiary alicyclic amines) is 1. The van der Waals surface area contributed by atoms with Crippen molar-refractivity contribution in [2.24, 2.45) is 16.7 Å². The second-order valence-corrected chi connectivity index (χ2v) is 21.6. The van der Waals surface area contributed by atoms with Gasteiger partial charge in [-0.15, -0.1) is 0 Å². The van der Waals surface area contributed by atoms with Crippen molar-refractivity contribution in [1.82, 2.24) is 25.3 Å². The van der Waals surface area contributed by atoms with Gasteiger partial charge < -0.3 is 35.2 Å². The summed E-state index contributed by atoms with van der Waals surface area (Å²) >= 11 is 6.01. The first-order valence-electron chi connectivity index (χ1n) is 24.7. The molecule has 0 spiro atoms.